The van der Waals surface area contributed by atoms with Gasteiger partial charge in [0, 0.05) is 22.6 Å². The molecule has 0 unspecified atom stereocenters. The first-order valence-corrected chi connectivity index (χ1v) is 1.97. The summed E-state index contributed by atoms with van der Waals surface area (Å²) >= 11 is 1.76. The van der Waals surface area contributed by atoms with Crippen molar-refractivity contribution in [3.05, 3.63) is 0 Å². The van der Waals surface area contributed by atoms with Crippen LogP contribution in [0.25, 0.3) is 0 Å². The average Bonchev–Trinajstić information content (AvgIpc) is 1.41. The van der Waals surface area contributed by atoms with Crippen molar-refractivity contribution in [1.82, 2.24) is 0 Å². The van der Waals surface area contributed by atoms with Gasteiger partial charge in [-0.15, -0.1) is 0 Å². The second kappa shape index (κ2) is 3.96. The highest BCUT2D eigenvalue weighted by Gasteiger charge is 1.49. The van der Waals surface area contributed by atoms with Crippen molar-refractivity contribution < 1.29 is 4.79 Å². The molecule has 0 aromatic carbocycles. The molecule has 0 N–H and O–H groups in total. The largest absolute Gasteiger partial charge is 0.285 e. The predicted octanol–water partition coefficient (Wildman–Crippen LogP) is 0.492. The minimum Gasteiger partial charge on any atom is -0.275 e. The zero-order valence-corrected chi connectivity index (χ0v) is 4.44. The summed E-state index contributed by atoms with van der Waals surface area (Å²) in [5.41, 5.74) is 0. The van der Waals surface area contributed by atoms with Gasteiger partial charge in [-0.3, -0.25) is 4.79 Å². The van der Waals surface area contributed by atoms with Gasteiger partial charge in [0.1, 0.15) is 0 Å². The molecule has 0 spiro atoms. The number of hydrogen-bond donors (Lipinski definition) is 0. The van der Waals surface area contributed by atoms with Crippen LogP contribution in [-0.4, -0.2) is 6.29 Å². The molecule has 0 aliphatic carbocycles. The summed E-state index contributed by atoms with van der Waals surface area (Å²) in [7, 11) is 0. The van der Waals surface area contributed by atoms with Crippen LogP contribution in [0.2, 0.25) is 0 Å². The summed E-state index contributed by atoms with van der Waals surface area (Å²) in [5.74, 6) is 2.04. The van der Waals surface area contributed by atoms with E-state index in [1.165, 1.54) is 6.29 Å². The number of carbonyl (C=O) groups excluding carboxylic acids is 1. The Hall–Kier alpha value is -0.0400. The maximum Gasteiger partial charge on any atom is 0.285 e. The maximum atomic E-state index is 9.10. The van der Waals surface area contributed by atoms with Gasteiger partial charge in [0.25, 0.3) is 6.29 Å². The monoisotopic (exact) mass is 179 g/mol. The normalized spacial score (nSPS) is 4.20. The summed E-state index contributed by atoms with van der Waals surface area (Å²) < 4.78 is 2.31. The predicted molar refractivity (Wildman–Crippen MR) is 27.5 cm³/mol. The third kappa shape index (κ3) is 3.96. The first-order valence-electron chi connectivity index (χ1n) is 0.893. The Morgan fingerprint density at radius 1 is 1.60 bits per heavy atom. The Labute approximate surface area is 43.9 Å². The van der Waals surface area contributed by atoms with Crippen LogP contribution < -0.4 is 0 Å². The molecule has 0 saturated heterocycles. The summed E-state index contributed by atoms with van der Waals surface area (Å²) in [6.07, 6.45) is 1.40. The fraction of sp³-hybridized carbons (Fsp3) is 0. The van der Waals surface area contributed by atoms with Crippen LogP contribution >= 0.6 is 22.6 Å². The quantitative estimate of drug-likeness (QED) is 0.390. The lowest BCUT2D eigenvalue weighted by molar-refractivity contribution is 0.566. The lowest BCUT2D eigenvalue weighted by Gasteiger charge is -1.37. The van der Waals surface area contributed by atoms with Gasteiger partial charge in [0.15, 0.2) is 0 Å². The van der Waals surface area contributed by atoms with E-state index in [1.807, 2.05) is 5.92 Å². The number of rotatable bonds is 0. The van der Waals surface area contributed by atoms with Crippen LogP contribution in [0.1, 0.15) is 0 Å². The molecule has 0 aromatic rings. The topological polar surface area (TPSA) is 17.1 Å². The molecule has 0 heterocycles. The van der Waals surface area contributed by atoms with Crippen molar-refractivity contribution in [2.75, 3.05) is 0 Å². The first kappa shape index (κ1) is 4.96. The first-order chi connectivity index (χ1) is 2.41. The minimum atomic E-state index is 1.40. The summed E-state index contributed by atoms with van der Waals surface area (Å²) in [5, 5.41) is 0. The Morgan fingerprint density at radius 3 is 2.20 bits per heavy atom. The number of hydrogen-bond acceptors (Lipinski definition) is 1. The van der Waals surface area contributed by atoms with Gasteiger partial charge < -0.3 is 0 Å². The van der Waals surface area contributed by atoms with Gasteiger partial charge in [-0.2, -0.15) is 0 Å². The van der Waals surface area contributed by atoms with Crippen molar-refractivity contribution >= 4 is 28.9 Å². The molecule has 5 heavy (non-hydrogen) atoms. The SMILES string of the molecule is O=[C]C#CI. The molecular weight excluding hydrogens is 179 g/mol. The van der Waals surface area contributed by atoms with E-state index in [4.69, 9.17) is 4.79 Å². The van der Waals surface area contributed by atoms with Crippen LogP contribution in [0.4, 0.5) is 0 Å². The van der Waals surface area contributed by atoms with Crippen LogP contribution in [-0.2, 0) is 4.79 Å². The summed E-state index contributed by atoms with van der Waals surface area (Å²) in [4.78, 5) is 9.10. The molecule has 0 amide bonds. The highest BCUT2D eigenvalue weighted by molar-refractivity contribution is 14.1. The second-order valence-corrected chi connectivity index (χ2v) is 0.861. The van der Waals surface area contributed by atoms with Gasteiger partial charge in [-0.25, -0.2) is 0 Å². The van der Waals surface area contributed by atoms with Crippen LogP contribution in [0.5, 0.6) is 0 Å². The number of halogens is 1. The Morgan fingerprint density at radius 2 is 2.20 bits per heavy atom. The van der Waals surface area contributed by atoms with E-state index in [9.17, 15) is 0 Å². The van der Waals surface area contributed by atoms with Crippen molar-refractivity contribution in [2.24, 2.45) is 0 Å². The van der Waals surface area contributed by atoms with Gasteiger partial charge in [-0.05, 0) is 9.85 Å². The molecule has 0 aliphatic rings. The van der Waals surface area contributed by atoms with E-state index in [1.54, 1.807) is 22.6 Å². The molecule has 1 radical (unpaired) electrons. The summed E-state index contributed by atoms with van der Waals surface area (Å²) in [6, 6.07) is 0. The maximum absolute atomic E-state index is 9.10. The lowest BCUT2D eigenvalue weighted by atomic mass is 10.8. The van der Waals surface area contributed by atoms with Crippen LogP contribution in [0, 0.1) is 9.85 Å². The fourth-order valence-electron chi connectivity index (χ4n) is 0.0193. The lowest BCUT2D eigenvalue weighted by Crippen LogP contribution is -1.49. The fourth-order valence-corrected chi connectivity index (χ4v) is 0.129. The van der Waals surface area contributed by atoms with E-state index in [0.717, 1.165) is 0 Å². The third-order valence-corrected chi connectivity index (χ3v) is 0.368. The van der Waals surface area contributed by atoms with Crippen molar-refractivity contribution in [1.29, 1.82) is 0 Å². The molecule has 0 fully saturated rings. The van der Waals surface area contributed by atoms with E-state index < -0.39 is 0 Å². The molecule has 25 valence electrons. The molecule has 1 nitrogen and oxygen atoms in total. The van der Waals surface area contributed by atoms with E-state index in [0.29, 0.717) is 0 Å². The van der Waals surface area contributed by atoms with Gasteiger partial charge in [0.2, 0.25) is 0 Å². The molecule has 0 aromatic heterocycles. The molecule has 0 aliphatic heterocycles. The molecule has 0 bridgehead atoms. The van der Waals surface area contributed by atoms with Crippen LogP contribution in [0.3, 0.4) is 0 Å². The zero-order chi connectivity index (χ0) is 4.12. The Bertz CT molecular complexity index is 76.6. The summed E-state index contributed by atoms with van der Waals surface area (Å²) in [6.45, 7) is 0. The minimum absolute atomic E-state index is 1.40. The zero-order valence-electron chi connectivity index (χ0n) is 2.29. The van der Waals surface area contributed by atoms with Crippen molar-refractivity contribution in [2.45, 2.75) is 0 Å². The Kier molecular flexibility index (Phi) is 3.93. The third-order valence-electron chi connectivity index (χ3n) is 0.0983. The Balaban J connectivity index is 3.16. The highest BCUT2D eigenvalue weighted by Crippen LogP contribution is 1.65. The smallest absolute Gasteiger partial charge is 0.275 e. The molecular formula is C3IO. The van der Waals surface area contributed by atoms with Gasteiger partial charge >= 0.3 is 0 Å². The second-order valence-electron chi connectivity index (χ2n) is 0.322. The molecule has 0 saturated carbocycles. The van der Waals surface area contributed by atoms with Crippen molar-refractivity contribution in [3.63, 3.8) is 0 Å². The van der Waals surface area contributed by atoms with Gasteiger partial charge in [0.05, 0.1) is 0 Å². The molecule has 0 rings (SSSR count). The van der Waals surface area contributed by atoms with Gasteiger partial charge in [-0.1, -0.05) is 0 Å². The average molecular weight is 179 g/mol. The molecule has 0 atom stereocenters. The van der Waals surface area contributed by atoms with E-state index >= 15 is 0 Å². The highest BCUT2D eigenvalue weighted by atomic mass is 127. The van der Waals surface area contributed by atoms with Crippen LogP contribution in [0.15, 0.2) is 0 Å². The van der Waals surface area contributed by atoms with Crippen molar-refractivity contribution in [3.8, 4) is 9.85 Å². The molecule has 2 heteroatoms. The van der Waals surface area contributed by atoms with E-state index in [-0.39, 0.29) is 0 Å². The standard InChI is InChI=1S/C3IO/c4-2-1-3-5. The van der Waals surface area contributed by atoms with E-state index in [2.05, 4.69) is 3.93 Å².